The van der Waals surface area contributed by atoms with E-state index in [1.54, 1.807) is 37.4 Å². The van der Waals surface area contributed by atoms with Crippen molar-refractivity contribution in [1.29, 1.82) is 0 Å². The number of para-hydroxylation sites is 1. The second-order valence-corrected chi connectivity index (χ2v) is 8.76. The van der Waals surface area contributed by atoms with E-state index in [9.17, 15) is 24.6 Å². The van der Waals surface area contributed by atoms with E-state index < -0.39 is 23.4 Å². The number of aromatic hydroxyl groups is 2. The number of phenols is 2. The first-order chi connectivity index (χ1) is 15.9. The number of rotatable bonds is 6. The summed E-state index contributed by atoms with van der Waals surface area (Å²) in [6.45, 7) is 0.639. The van der Waals surface area contributed by atoms with Gasteiger partial charge >= 0.3 is 0 Å². The summed E-state index contributed by atoms with van der Waals surface area (Å²) in [5.74, 6) is -3.16. The molecule has 3 aliphatic rings. The Morgan fingerprint density at radius 2 is 1.85 bits per heavy atom. The van der Waals surface area contributed by atoms with Crippen molar-refractivity contribution in [3.63, 3.8) is 0 Å². The normalized spacial score (nSPS) is 27.8. The van der Waals surface area contributed by atoms with Crippen LogP contribution in [0.3, 0.4) is 0 Å². The van der Waals surface area contributed by atoms with E-state index in [0.717, 1.165) is 0 Å². The Hall–Kier alpha value is -3.43. The first kappa shape index (κ1) is 21.4. The maximum atomic E-state index is 13.6. The number of methoxy groups -OCH3 is 1. The first-order valence-corrected chi connectivity index (χ1v) is 10.9. The van der Waals surface area contributed by atoms with Gasteiger partial charge < -0.3 is 20.3 Å². The largest absolute Gasteiger partial charge is 0.504 e. The summed E-state index contributed by atoms with van der Waals surface area (Å²) in [7, 11) is 1.56. The Morgan fingerprint density at radius 1 is 1.06 bits per heavy atom. The number of amides is 3. The van der Waals surface area contributed by atoms with Crippen molar-refractivity contribution in [1.82, 2.24) is 10.2 Å². The predicted molar refractivity (Wildman–Crippen MR) is 117 cm³/mol. The minimum absolute atomic E-state index is 0.227. The first-order valence-electron chi connectivity index (χ1n) is 10.9. The van der Waals surface area contributed by atoms with E-state index in [-0.39, 0.29) is 42.2 Å². The molecule has 2 unspecified atom stereocenters. The smallest absolute Gasteiger partial charge is 0.250 e. The SMILES string of the molecule is COCCCN1C(=O)[C@@H]2C(Cc3ccc(O)c(O)c3)NC3(C(=O)Nc4ccccc43)[C@@H]2C1=O. The molecule has 3 aliphatic heterocycles. The molecule has 2 saturated heterocycles. The van der Waals surface area contributed by atoms with Crippen LogP contribution >= 0.6 is 0 Å². The number of likely N-dealkylation sites (tertiary alicyclic amines) is 1. The molecule has 9 heteroatoms. The maximum Gasteiger partial charge on any atom is 0.250 e. The Bertz CT molecular complexity index is 1150. The zero-order valence-electron chi connectivity index (χ0n) is 18.1. The Labute approximate surface area is 190 Å². The standard InChI is InChI=1S/C24H25N3O6/c1-33-10-4-9-27-21(30)19-16(11-13-7-8-17(28)18(29)12-13)26-24(20(19)22(27)31)14-5-2-3-6-15(14)25-23(24)32/h2-3,5-8,12,16,19-20,26,28-29H,4,9-11H2,1H3,(H,25,32)/t16?,19-,20+,24?/m1/s1. The van der Waals surface area contributed by atoms with Gasteiger partial charge in [-0.1, -0.05) is 24.3 Å². The fourth-order valence-corrected chi connectivity index (χ4v) is 5.53. The molecule has 4 N–H and O–H groups in total. The van der Waals surface area contributed by atoms with Crippen molar-refractivity contribution < 1.29 is 29.3 Å². The van der Waals surface area contributed by atoms with Gasteiger partial charge in [0.2, 0.25) is 17.7 Å². The number of benzene rings is 2. The second kappa shape index (κ2) is 7.86. The molecular weight excluding hydrogens is 426 g/mol. The highest BCUT2D eigenvalue weighted by molar-refractivity contribution is 6.15. The van der Waals surface area contributed by atoms with Crippen LogP contribution in [0.2, 0.25) is 0 Å². The average molecular weight is 451 g/mol. The molecule has 0 aromatic heterocycles. The van der Waals surface area contributed by atoms with Crippen molar-refractivity contribution in [2.75, 3.05) is 25.6 Å². The third kappa shape index (κ3) is 3.11. The molecule has 4 atom stereocenters. The Morgan fingerprint density at radius 3 is 2.61 bits per heavy atom. The fourth-order valence-electron chi connectivity index (χ4n) is 5.53. The molecule has 0 saturated carbocycles. The monoisotopic (exact) mass is 451 g/mol. The van der Waals surface area contributed by atoms with Crippen molar-refractivity contribution >= 4 is 23.4 Å². The maximum absolute atomic E-state index is 13.6. The number of anilines is 1. The lowest BCUT2D eigenvalue weighted by Gasteiger charge is -2.29. The fraction of sp³-hybridized carbons (Fsp3) is 0.375. The van der Waals surface area contributed by atoms with Crippen LogP contribution in [0, 0.1) is 11.8 Å². The molecule has 0 aliphatic carbocycles. The quantitative estimate of drug-likeness (QED) is 0.294. The molecule has 3 heterocycles. The molecular formula is C24H25N3O6. The summed E-state index contributed by atoms with van der Waals surface area (Å²) < 4.78 is 5.07. The molecule has 0 radical (unpaired) electrons. The summed E-state index contributed by atoms with van der Waals surface area (Å²) in [5, 5.41) is 25.8. The lowest BCUT2D eigenvalue weighted by atomic mass is 9.76. The van der Waals surface area contributed by atoms with E-state index in [2.05, 4.69) is 10.6 Å². The Kier molecular flexibility index (Phi) is 5.10. The highest BCUT2D eigenvalue weighted by Gasteiger charge is 2.70. The van der Waals surface area contributed by atoms with Crippen molar-refractivity contribution in [3.05, 3.63) is 53.6 Å². The summed E-state index contributed by atoms with van der Waals surface area (Å²) >= 11 is 0. The van der Waals surface area contributed by atoms with Crippen LogP contribution in [0.5, 0.6) is 11.5 Å². The lowest BCUT2D eigenvalue weighted by Crippen LogP contribution is -2.53. The average Bonchev–Trinajstić information content (AvgIpc) is 3.37. The highest BCUT2D eigenvalue weighted by Crippen LogP contribution is 2.53. The lowest BCUT2D eigenvalue weighted by molar-refractivity contribution is -0.143. The van der Waals surface area contributed by atoms with E-state index in [4.69, 9.17) is 4.74 Å². The number of hydrogen-bond donors (Lipinski definition) is 4. The summed E-state index contributed by atoms with van der Waals surface area (Å²) in [6, 6.07) is 11.1. The number of phenolic OH excluding ortho intramolecular Hbond substituents is 2. The molecule has 1 spiro atoms. The summed E-state index contributed by atoms with van der Waals surface area (Å²) in [4.78, 5) is 41.7. The van der Waals surface area contributed by atoms with Gasteiger partial charge in [-0.15, -0.1) is 0 Å². The van der Waals surface area contributed by atoms with Gasteiger partial charge in [0.25, 0.3) is 0 Å². The van der Waals surface area contributed by atoms with E-state index >= 15 is 0 Å². The van der Waals surface area contributed by atoms with Gasteiger partial charge in [-0.2, -0.15) is 0 Å². The third-order valence-electron chi connectivity index (χ3n) is 6.94. The van der Waals surface area contributed by atoms with E-state index in [1.165, 1.54) is 17.0 Å². The molecule has 3 amide bonds. The third-order valence-corrected chi connectivity index (χ3v) is 6.94. The minimum atomic E-state index is -1.35. The molecule has 9 nitrogen and oxygen atoms in total. The molecule has 5 rings (SSSR count). The van der Waals surface area contributed by atoms with Gasteiger partial charge in [-0.25, -0.2) is 0 Å². The number of nitrogens with zero attached hydrogens (tertiary/aromatic N) is 1. The van der Waals surface area contributed by atoms with Crippen LogP contribution in [0.4, 0.5) is 5.69 Å². The number of imide groups is 1. The van der Waals surface area contributed by atoms with Crippen LogP contribution in [-0.2, 0) is 31.1 Å². The minimum Gasteiger partial charge on any atom is -0.504 e. The number of carbonyl (C=O) groups is 3. The predicted octanol–water partition coefficient (Wildman–Crippen LogP) is 1.10. The van der Waals surface area contributed by atoms with E-state index in [1.807, 2.05) is 0 Å². The van der Waals surface area contributed by atoms with E-state index in [0.29, 0.717) is 29.8 Å². The molecule has 0 bridgehead atoms. The number of carbonyl (C=O) groups excluding carboxylic acids is 3. The van der Waals surface area contributed by atoms with Gasteiger partial charge in [-0.3, -0.25) is 24.6 Å². The zero-order chi connectivity index (χ0) is 23.3. The topological polar surface area (TPSA) is 128 Å². The van der Waals surface area contributed by atoms with Crippen molar-refractivity contribution in [3.8, 4) is 11.5 Å². The molecule has 2 fully saturated rings. The molecule has 2 aromatic rings. The van der Waals surface area contributed by atoms with Gasteiger partial charge in [0, 0.05) is 37.6 Å². The number of fused-ring (bicyclic) bond motifs is 4. The van der Waals surface area contributed by atoms with Crippen LogP contribution < -0.4 is 10.6 Å². The number of hydrogen-bond acceptors (Lipinski definition) is 7. The highest BCUT2D eigenvalue weighted by atomic mass is 16.5. The number of nitrogens with one attached hydrogen (secondary N) is 2. The molecule has 33 heavy (non-hydrogen) atoms. The van der Waals surface area contributed by atoms with Gasteiger partial charge in [0.15, 0.2) is 11.5 Å². The van der Waals surface area contributed by atoms with Crippen LogP contribution in [0.15, 0.2) is 42.5 Å². The van der Waals surface area contributed by atoms with Crippen molar-refractivity contribution in [2.45, 2.75) is 24.4 Å². The summed E-state index contributed by atoms with van der Waals surface area (Å²) in [6.07, 6.45) is 0.796. The van der Waals surface area contributed by atoms with Gasteiger partial charge in [0.05, 0.1) is 11.8 Å². The van der Waals surface area contributed by atoms with Crippen LogP contribution in [-0.4, -0.2) is 59.1 Å². The second-order valence-electron chi connectivity index (χ2n) is 8.76. The van der Waals surface area contributed by atoms with Crippen molar-refractivity contribution in [2.24, 2.45) is 11.8 Å². The number of ether oxygens (including phenoxy) is 1. The molecule has 2 aromatic carbocycles. The van der Waals surface area contributed by atoms with Crippen LogP contribution in [0.25, 0.3) is 0 Å². The van der Waals surface area contributed by atoms with Crippen LogP contribution in [0.1, 0.15) is 17.5 Å². The Balaban J connectivity index is 1.56. The zero-order valence-corrected chi connectivity index (χ0v) is 18.1. The summed E-state index contributed by atoms with van der Waals surface area (Å²) in [5.41, 5.74) is 0.590. The van der Waals surface area contributed by atoms with Gasteiger partial charge in [0.1, 0.15) is 5.54 Å². The molecule has 172 valence electrons. The van der Waals surface area contributed by atoms with Gasteiger partial charge in [-0.05, 0) is 36.6 Å².